The number of guanidine groups is 2. The summed E-state index contributed by atoms with van der Waals surface area (Å²) in [6.07, 6.45) is 2.19. The molecule has 0 amide bonds. The average molecular weight is 213 g/mol. The van der Waals surface area contributed by atoms with Gasteiger partial charge in [0.15, 0.2) is 5.96 Å². The normalized spacial score (nSPS) is 21.1. The first-order valence-electron chi connectivity index (χ1n) is 5.05. The first-order chi connectivity index (χ1) is 7.13. The number of likely N-dealkylation sites (tertiary alicyclic amines) is 1. The maximum atomic E-state index is 7.67. The average Bonchev–Trinajstić information content (AvgIpc) is 2.17. The lowest BCUT2D eigenvalue weighted by Gasteiger charge is -2.32. The van der Waals surface area contributed by atoms with Crippen molar-refractivity contribution in [3.05, 3.63) is 0 Å². The number of hydrogen-bond donors (Lipinski definition) is 3. The summed E-state index contributed by atoms with van der Waals surface area (Å²) in [4.78, 5) is 5.62. The third-order valence-corrected chi connectivity index (χ3v) is 2.46. The third-order valence-electron chi connectivity index (χ3n) is 2.46. The van der Waals surface area contributed by atoms with E-state index in [1.807, 2.05) is 4.90 Å². The second kappa shape index (κ2) is 5.55. The molecule has 0 aromatic carbocycles. The molecule has 0 aromatic rings. The van der Waals surface area contributed by atoms with Crippen LogP contribution in [0.5, 0.6) is 0 Å². The van der Waals surface area contributed by atoms with Crippen molar-refractivity contribution in [2.45, 2.75) is 12.8 Å². The molecule has 1 aliphatic rings. The van der Waals surface area contributed by atoms with E-state index in [9.17, 15) is 0 Å². The summed E-state index contributed by atoms with van der Waals surface area (Å²) >= 11 is 0. The van der Waals surface area contributed by atoms with Crippen LogP contribution in [0, 0.1) is 11.3 Å². The number of hydrogen-bond acceptors (Lipinski definition) is 2. The van der Waals surface area contributed by atoms with Gasteiger partial charge in [-0.25, -0.2) is 0 Å². The first-order valence-corrected chi connectivity index (χ1v) is 5.05. The number of methoxy groups -OCH3 is 1. The predicted molar refractivity (Wildman–Crippen MR) is 59.7 cm³/mol. The van der Waals surface area contributed by atoms with Crippen LogP contribution in [-0.4, -0.2) is 43.6 Å². The largest absolute Gasteiger partial charge is 0.384 e. The SMILES string of the molecule is COCC1CCCN(C(=N)N=C(N)N)C1. The third kappa shape index (κ3) is 3.75. The van der Waals surface area contributed by atoms with E-state index in [-0.39, 0.29) is 11.9 Å². The molecule has 1 rings (SSSR count). The lowest BCUT2D eigenvalue weighted by Crippen LogP contribution is -2.41. The first kappa shape index (κ1) is 11.8. The molecule has 86 valence electrons. The molecule has 0 spiro atoms. The Kier molecular flexibility index (Phi) is 4.36. The fraction of sp³-hybridized carbons (Fsp3) is 0.778. The van der Waals surface area contributed by atoms with Gasteiger partial charge in [0.25, 0.3) is 0 Å². The van der Waals surface area contributed by atoms with Crippen LogP contribution >= 0.6 is 0 Å². The molecule has 0 aromatic heterocycles. The molecular formula is C9H19N5O. The van der Waals surface area contributed by atoms with Crippen molar-refractivity contribution in [3.63, 3.8) is 0 Å². The van der Waals surface area contributed by atoms with Crippen LogP contribution in [-0.2, 0) is 4.74 Å². The summed E-state index contributed by atoms with van der Waals surface area (Å²) in [7, 11) is 1.69. The zero-order valence-electron chi connectivity index (χ0n) is 9.07. The predicted octanol–water partition coefficient (Wildman–Crippen LogP) is -0.447. The van der Waals surface area contributed by atoms with Gasteiger partial charge < -0.3 is 21.1 Å². The minimum atomic E-state index is -0.0612. The van der Waals surface area contributed by atoms with E-state index in [1.54, 1.807) is 7.11 Å². The molecule has 1 fully saturated rings. The molecule has 15 heavy (non-hydrogen) atoms. The van der Waals surface area contributed by atoms with E-state index in [2.05, 4.69) is 4.99 Å². The maximum Gasteiger partial charge on any atom is 0.221 e. The molecule has 0 aliphatic carbocycles. The van der Waals surface area contributed by atoms with Gasteiger partial charge >= 0.3 is 0 Å². The summed E-state index contributed by atoms with van der Waals surface area (Å²) in [6.45, 7) is 2.37. The minimum absolute atomic E-state index is 0.0612. The molecular weight excluding hydrogens is 194 g/mol. The van der Waals surface area contributed by atoms with Crippen molar-refractivity contribution in [1.82, 2.24) is 4.90 Å². The van der Waals surface area contributed by atoms with Gasteiger partial charge in [-0.15, -0.1) is 0 Å². The number of nitrogens with zero attached hydrogens (tertiary/aromatic N) is 2. The number of ether oxygens (including phenoxy) is 1. The molecule has 1 unspecified atom stereocenters. The molecule has 0 bridgehead atoms. The lowest BCUT2D eigenvalue weighted by molar-refractivity contribution is 0.115. The molecule has 1 aliphatic heterocycles. The van der Waals surface area contributed by atoms with Gasteiger partial charge in [0.05, 0.1) is 6.61 Å². The van der Waals surface area contributed by atoms with Crippen molar-refractivity contribution >= 4 is 11.9 Å². The number of piperidine rings is 1. The molecule has 6 heteroatoms. The molecule has 1 atom stereocenters. The zero-order chi connectivity index (χ0) is 11.3. The van der Waals surface area contributed by atoms with Crippen molar-refractivity contribution in [3.8, 4) is 0 Å². The molecule has 1 saturated heterocycles. The Bertz CT molecular complexity index is 247. The summed E-state index contributed by atoms with van der Waals surface area (Å²) in [5.74, 6) is 0.558. The van der Waals surface area contributed by atoms with Gasteiger partial charge in [0.1, 0.15) is 0 Å². The van der Waals surface area contributed by atoms with Crippen LogP contribution in [0.1, 0.15) is 12.8 Å². The zero-order valence-corrected chi connectivity index (χ0v) is 9.07. The molecule has 0 saturated carbocycles. The topological polar surface area (TPSA) is 101 Å². The second-order valence-electron chi connectivity index (χ2n) is 3.77. The highest BCUT2D eigenvalue weighted by Gasteiger charge is 2.21. The van der Waals surface area contributed by atoms with Crippen LogP contribution in [0.25, 0.3) is 0 Å². The standard InChI is InChI=1S/C9H19N5O/c1-15-6-7-3-2-4-14(5-7)9(12)13-8(10)11/h7H,2-6H2,1H3,(H5,10,11,12,13). The van der Waals surface area contributed by atoms with Gasteiger partial charge in [-0.2, -0.15) is 4.99 Å². The van der Waals surface area contributed by atoms with Crippen molar-refractivity contribution in [2.75, 3.05) is 26.8 Å². The number of aliphatic imine (C=N–C) groups is 1. The van der Waals surface area contributed by atoms with E-state index in [1.165, 1.54) is 0 Å². The Hall–Kier alpha value is -1.30. The number of rotatable bonds is 2. The van der Waals surface area contributed by atoms with Gasteiger partial charge in [-0.3, -0.25) is 5.41 Å². The Balaban J connectivity index is 2.48. The fourth-order valence-electron chi connectivity index (χ4n) is 1.82. The summed E-state index contributed by atoms with van der Waals surface area (Å²) < 4.78 is 5.11. The fourth-order valence-corrected chi connectivity index (χ4v) is 1.82. The van der Waals surface area contributed by atoms with E-state index in [0.717, 1.165) is 32.5 Å². The van der Waals surface area contributed by atoms with E-state index in [0.29, 0.717) is 5.92 Å². The van der Waals surface area contributed by atoms with E-state index in [4.69, 9.17) is 21.6 Å². The Morgan fingerprint density at radius 2 is 2.33 bits per heavy atom. The van der Waals surface area contributed by atoms with Gasteiger partial charge in [-0.05, 0) is 18.8 Å². The number of nitrogens with one attached hydrogen (secondary N) is 1. The Morgan fingerprint density at radius 1 is 1.60 bits per heavy atom. The highest BCUT2D eigenvalue weighted by atomic mass is 16.5. The molecule has 0 radical (unpaired) electrons. The van der Waals surface area contributed by atoms with Crippen molar-refractivity contribution in [1.29, 1.82) is 5.41 Å². The molecule has 6 nitrogen and oxygen atoms in total. The quantitative estimate of drug-likeness (QED) is 0.427. The second-order valence-corrected chi connectivity index (χ2v) is 3.77. The van der Waals surface area contributed by atoms with E-state index >= 15 is 0 Å². The van der Waals surface area contributed by atoms with Gasteiger partial charge in [-0.1, -0.05) is 0 Å². The summed E-state index contributed by atoms with van der Waals surface area (Å²) in [5, 5.41) is 7.67. The highest BCUT2D eigenvalue weighted by Crippen LogP contribution is 2.16. The maximum absolute atomic E-state index is 7.67. The van der Waals surface area contributed by atoms with Crippen LogP contribution in [0.3, 0.4) is 0 Å². The van der Waals surface area contributed by atoms with Crippen LogP contribution in [0.2, 0.25) is 0 Å². The Labute approximate surface area is 89.8 Å². The summed E-state index contributed by atoms with van der Waals surface area (Å²) in [6, 6.07) is 0. The lowest BCUT2D eigenvalue weighted by atomic mass is 9.99. The van der Waals surface area contributed by atoms with Gasteiger partial charge in [0.2, 0.25) is 5.96 Å². The molecule has 1 heterocycles. The van der Waals surface area contributed by atoms with Gasteiger partial charge in [0, 0.05) is 20.2 Å². The summed E-state index contributed by atoms with van der Waals surface area (Å²) in [5.41, 5.74) is 10.5. The van der Waals surface area contributed by atoms with Crippen LogP contribution in [0.4, 0.5) is 0 Å². The van der Waals surface area contributed by atoms with Crippen LogP contribution in [0.15, 0.2) is 4.99 Å². The van der Waals surface area contributed by atoms with E-state index < -0.39 is 0 Å². The molecule has 5 N–H and O–H groups in total. The van der Waals surface area contributed by atoms with Crippen molar-refractivity contribution < 1.29 is 4.74 Å². The minimum Gasteiger partial charge on any atom is -0.384 e. The Morgan fingerprint density at radius 3 is 2.93 bits per heavy atom. The van der Waals surface area contributed by atoms with Crippen molar-refractivity contribution in [2.24, 2.45) is 22.4 Å². The van der Waals surface area contributed by atoms with Crippen LogP contribution < -0.4 is 11.5 Å². The smallest absolute Gasteiger partial charge is 0.221 e. The number of nitrogens with two attached hydrogens (primary N) is 2. The highest BCUT2D eigenvalue weighted by molar-refractivity contribution is 5.91. The monoisotopic (exact) mass is 213 g/mol.